The molecule has 4 aliphatic rings. The van der Waals surface area contributed by atoms with Gasteiger partial charge in [-0.25, -0.2) is 0 Å². The molecule has 28 heavy (non-hydrogen) atoms. The van der Waals surface area contributed by atoms with Gasteiger partial charge in [0.1, 0.15) is 12.2 Å². The lowest BCUT2D eigenvalue weighted by atomic mass is 9.51. The van der Waals surface area contributed by atoms with E-state index in [0.717, 1.165) is 30.4 Å². The average Bonchev–Trinajstić information content (AvgIpc) is 2.98. The van der Waals surface area contributed by atoms with Gasteiger partial charge in [0.15, 0.2) is 17.7 Å². The molecule has 2 aliphatic heterocycles. The molecule has 2 heterocycles. The molecule has 5 atom stereocenters. The molecule has 2 fully saturated rings. The Kier molecular flexibility index (Phi) is 3.64. The molecule has 0 unspecified atom stereocenters. The third kappa shape index (κ3) is 2.15. The fourth-order valence-electron chi connectivity index (χ4n) is 6.18. The fraction of sp³-hybridized carbons (Fsp3) is 0.571. The maximum Gasteiger partial charge on any atom is 0.308 e. The first kappa shape index (κ1) is 17.4. The number of piperidine rings is 1. The van der Waals surface area contributed by atoms with Crippen LogP contribution in [0.15, 0.2) is 12.1 Å². The molecule has 7 heteroatoms. The van der Waals surface area contributed by atoms with E-state index in [1.807, 2.05) is 11.0 Å². The van der Waals surface area contributed by atoms with Crippen LogP contribution in [0.5, 0.6) is 11.5 Å². The van der Waals surface area contributed by atoms with Gasteiger partial charge < -0.3 is 19.1 Å². The molecular weight excluding hydrogens is 360 g/mol. The van der Waals surface area contributed by atoms with E-state index in [9.17, 15) is 14.9 Å². The standard InChI is InChI=1S/C21H22N2O5/c1-11(24)26-16-5-3-13-9-15-14-4-6-17(27-12(2)25)20-21(14,7-8-23(15)10-22)18(13)19(16)28-20/h3,5,14-15,17,20H,4,6-9H2,1-2H3/t14-,15+,17+,20-,21-/m0/s1. The third-order valence-electron chi connectivity index (χ3n) is 6.95. The number of ether oxygens (including phenoxy) is 3. The fourth-order valence-corrected chi connectivity index (χ4v) is 6.18. The Morgan fingerprint density at radius 3 is 2.82 bits per heavy atom. The van der Waals surface area contributed by atoms with Crippen molar-refractivity contribution in [1.29, 1.82) is 5.26 Å². The SMILES string of the molecule is CC(=O)Oc1ccc2c3c1O[C@H]1[C@H](OC(C)=O)CC[C@H]4[C@@H](C2)N(C#N)CC[C@@]341. The van der Waals surface area contributed by atoms with Gasteiger partial charge in [0, 0.05) is 37.4 Å². The van der Waals surface area contributed by atoms with Crippen LogP contribution in [0.2, 0.25) is 0 Å². The Balaban J connectivity index is 1.69. The second-order valence-electron chi connectivity index (χ2n) is 8.25. The molecule has 0 radical (unpaired) electrons. The van der Waals surface area contributed by atoms with Crippen molar-refractivity contribution in [3.8, 4) is 17.7 Å². The highest BCUT2D eigenvalue weighted by Gasteiger charge is 2.66. The molecule has 1 aromatic carbocycles. The number of esters is 2. The molecule has 146 valence electrons. The number of hydrogen-bond acceptors (Lipinski definition) is 7. The summed E-state index contributed by atoms with van der Waals surface area (Å²) in [6.45, 7) is 3.45. The Bertz CT molecular complexity index is 922. The number of rotatable bonds is 2. The number of carbonyl (C=O) groups excluding carboxylic acids is 2. The summed E-state index contributed by atoms with van der Waals surface area (Å²) < 4.78 is 17.5. The van der Waals surface area contributed by atoms with Crippen LogP contribution in [0.3, 0.4) is 0 Å². The Hall–Kier alpha value is -2.75. The minimum atomic E-state index is -0.395. The number of carbonyl (C=O) groups is 2. The molecular formula is C21H22N2O5. The van der Waals surface area contributed by atoms with Crippen LogP contribution in [0.4, 0.5) is 0 Å². The van der Waals surface area contributed by atoms with Crippen LogP contribution in [-0.2, 0) is 26.2 Å². The van der Waals surface area contributed by atoms with Crippen LogP contribution >= 0.6 is 0 Å². The largest absolute Gasteiger partial charge is 0.481 e. The number of nitrogens with zero attached hydrogens (tertiary/aromatic N) is 2. The van der Waals surface area contributed by atoms with Gasteiger partial charge in [-0.05, 0) is 43.2 Å². The first-order valence-corrected chi connectivity index (χ1v) is 9.80. The molecule has 1 saturated heterocycles. The van der Waals surface area contributed by atoms with Crippen LogP contribution in [0.25, 0.3) is 0 Å². The van der Waals surface area contributed by atoms with E-state index in [2.05, 4.69) is 6.19 Å². The van der Waals surface area contributed by atoms with Crippen molar-refractivity contribution in [2.24, 2.45) is 5.92 Å². The van der Waals surface area contributed by atoms with E-state index in [1.165, 1.54) is 13.8 Å². The van der Waals surface area contributed by atoms with Gasteiger partial charge in [-0.3, -0.25) is 9.59 Å². The summed E-state index contributed by atoms with van der Waals surface area (Å²) >= 11 is 0. The van der Waals surface area contributed by atoms with E-state index in [1.54, 1.807) is 6.07 Å². The zero-order valence-corrected chi connectivity index (χ0v) is 15.9. The van der Waals surface area contributed by atoms with Crippen LogP contribution < -0.4 is 9.47 Å². The zero-order valence-electron chi connectivity index (χ0n) is 15.9. The van der Waals surface area contributed by atoms with Crippen molar-refractivity contribution < 1.29 is 23.8 Å². The lowest BCUT2D eigenvalue weighted by molar-refractivity contribution is -0.162. The van der Waals surface area contributed by atoms with E-state index in [4.69, 9.17) is 14.2 Å². The van der Waals surface area contributed by atoms with Crippen molar-refractivity contribution >= 4 is 11.9 Å². The third-order valence-corrected chi connectivity index (χ3v) is 6.95. The molecule has 7 nitrogen and oxygen atoms in total. The average molecular weight is 382 g/mol. The molecule has 0 amide bonds. The maximum atomic E-state index is 11.7. The monoisotopic (exact) mass is 382 g/mol. The summed E-state index contributed by atoms with van der Waals surface area (Å²) in [6, 6.07) is 3.89. The highest BCUT2D eigenvalue weighted by Crippen LogP contribution is 2.64. The van der Waals surface area contributed by atoms with Gasteiger partial charge >= 0.3 is 11.9 Å². The number of likely N-dealkylation sites (tertiary alicyclic amines) is 1. The van der Waals surface area contributed by atoms with Gasteiger partial charge in [-0.15, -0.1) is 0 Å². The highest BCUT2D eigenvalue weighted by molar-refractivity contribution is 5.72. The minimum absolute atomic E-state index is 0.126. The summed E-state index contributed by atoms with van der Waals surface area (Å²) in [6.07, 6.45) is 4.83. The second-order valence-corrected chi connectivity index (χ2v) is 8.25. The van der Waals surface area contributed by atoms with E-state index in [-0.39, 0.29) is 35.6 Å². The summed E-state index contributed by atoms with van der Waals surface area (Å²) in [5.41, 5.74) is 1.93. The van der Waals surface area contributed by atoms with E-state index < -0.39 is 5.97 Å². The molecule has 0 N–H and O–H groups in total. The maximum absolute atomic E-state index is 11.7. The second kappa shape index (κ2) is 5.87. The molecule has 1 saturated carbocycles. The summed E-state index contributed by atoms with van der Waals surface area (Å²) in [5.74, 6) is 0.580. The molecule has 1 spiro atoms. The number of hydrogen-bond donors (Lipinski definition) is 0. The van der Waals surface area contributed by atoms with Gasteiger partial charge in [0.05, 0.1) is 0 Å². The van der Waals surface area contributed by atoms with E-state index >= 15 is 0 Å². The van der Waals surface area contributed by atoms with Gasteiger partial charge in [0.25, 0.3) is 0 Å². The first-order valence-electron chi connectivity index (χ1n) is 9.80. The van der Waals surface area contributed by atoms with Gasteiger partial charge in [0.2, 0.25) is 0 Å². The molecule has 2 aliphatic carbocycles. The predicted octanol–water partition coefficient (Wildman–Crippen LogP) is 2.06. The van der Waals surface area contributed by atoms with E-state index in [0.29, 0.717) is 24.5 Å². The smallest absolute Gasteiger partial charge is 0.308 e. The Morgan fingerprint density at radius 2 is 2.11 bits per heavy atom. The Labute approximate surface area is 163 Å². The Morgan fingerprint density at radius 1 is 1.29 bits per heavy atom. The minimum Gasteiger partial charge on any atom is -0.481 e. The zero-order chi connectivity index (χ0) is 19.6. The van der Waals surface area contributed by atoms with Crippen LogP contribution in [-0.4, -0.2) is 41.6 Å². The molecule has 0 aromatic heterocycles. The van der Waals surface area contributed by atoms with Crippen LogP contribution in [0, 0.1) is 17.4 Å². The number of benzene rings is 1. The van der Waals surface area contributed by atoms with Crippen molar-refractivity contribution in [2.45, 2.75) is 63.2 Å². The summed E-state index contributed by atoms with van der Waals surface area (Å²) in [5, 5.41) is 9.65. The normalized spacial score (nSPS) is 34.0. The van der Waals surface area contributed by atoms with Crippen molar-refractivity contribution in [1.82, 2.24) is 4.90 Å². The topological polar surface area (TPSA) is 88.9 Å². The summed E-state index contributed by atoms with van der Waals surface area (Å²) in [4.78, 5) is 25.2. The van der Waals surface area contributed by atoms with Gasteiger partial charge in [-0.2, -0.15) is 5.26 Å². The van der Waals surface area contributed by atoms with Crippen LogP contribution in [0.1, 0.15) is 44.2 Å². The first-order chi connectivity index (χ1) is 13.5. The predicted molar refractivity (Wildman–Crippen MR) is 96.6 cm³/mol. The van der Waals surface area contributed by atoms with Gasteiger partial charge in [-0.1, -0.05) is 6.07 Å². The lowest BCUT2D eigenvalue weighted by Crippen LogP contribution is -2.66. The van der Waals surface area contributed by atoms with Crippen molar-refractivity contribution in [3.05, 3.63) is 23.3 Å². The lowest BCUT2D eigenvalue weighted by Gasteiger charge is -2.58. The quantitative estimate of drug-likeness (QED) is 0.439. The molecule has 5 rings (SSSR count). The summed E-state index contributed by atoms with van der Waals surface area (Å²) in [7, 11) is 0. The van der Waals surface area contributed by atoms with Crippen molar-refractivity contribution in [3.63, 3.8) is 0 Å². The molecule has 1 aromatic rings. The highest BCUT2D eigenvalue weighted by atomic mass is 16.6. The molecule has 2 bridgehead atoms. The van der Waals surface area contributed by atoms with Crippen molar-refractivity contribution in [2.75, 3.05) is 6.54 Å². The number of nitriles is 1.